The van der Waals surface area contributed by atoms with Crippen LogP contribution in [0.3, 0.4) is 0 Å². The van der Waals surface area contributed by atoms with Gasteiger partial charge in [0.25, 0.3) is 0 Å². The molecule has 0 aliphatic rings. The smallest absolute Gasteiger partial charge is 0.191 e. The molecule has 27 heavy (non-hydrogen) atoms. The molecule has 2 aromatic carbocycles. The van der Waals surface area contributed by atoms with Crippen molar-refractivity contribution in [2.75, 3.05) is 0 Å². The number of thioether (sulfide) groups is 1. The van der Waals surface area contributed by atoms with Crippen LogP contribution in [-0.2, 0) is 7.05 Å². The molecule has 3 rings (SSSR count). The molecule has 0 spiro atoms. The predicted molar refractivity (Wildman–Crippen MR) is 111 cm³/mol. The molecule has 4 nitrogen and oxygen atoms in total. The van der Waals surface area contributed by atoms with E-state index in [0.29, 0.717) is 0 Å². The number of aromatic nitrogens is 3. The highest BCUT2D eigenvalue weighted by Gasteiger charge is 2.22. The molecule has 3 aromatic rings. The van der Waals surface area contributed by atoms with Gasteiger partial charge in [-0.25, -0.2) is 0 Å². The predicted octanol–water partition coefficient (Wildman–Crippen LogP) is 5.08. The van der Waals surface area contributed by atoms with Crippen molar-refractivity contribution in [3.05, 3.63) is 64.2 Å². The third-order valence-electron chi connectivity index (χ3n) is 4.98. The van der Waals surface area contributed by atoms with Crippen LogP contribution >= 0.6 is 11.8 Å². The molecule has 0 radical (unpaired) electrons. The summed E-state index contributed by atoms with van der Waals surface area (Å²) in [6, 6.07) is 12.2. The van der Waals surface area contributed by atoms with Crippen LogP contribution in [0.1, 0.15) is 39.5 Å². The van der Waals surface area contributed by atoms with E-state index in [1.165, 1.54) is 17.3 Å². The topological polar surface area (TPSA) is 47.8 Å². The zero-order valence-corrected chi connectivity index (χ0v) is 17.5. The van der Waals surface area contributed by atoms with E-state index < -0.39 is 0 Å². The lowest BCUT2D eigenvalue weighted by atomic mass is 9.97. The number of rotatable bonds is 5. The Balaban J connectivity index is 1.85. The van der Waals surface area contributed by atoms with Gasteiger partial charge in [-0.2, -0.15) is 0 Å². The van der Waals surface area contributed by atoms with Gasteiger partial charge >= 0.3 is 0 Å². The Morgan fingerprint density at radius 1 is 0.963 bits per heavy atom. The zero-order valence-electron chi connectivity index (χ0n) is 16.7. The van der Waals surface area contributed by atoms with Crippen molar-refractivity contribution < 1.29 is 4.79 Å². The van der Waals surface area contributed by atoms with Crippen molar-refractivity contribution in [3.63, 3.8) is 0 Å². The van der Waals surface area contributed by atoms with E-state index in [2.05, 4.69) is 36.2 Å². The highest BCUT2D eigenvalue weighted by molar-refractivity contribution is 8.00. The SMILES string of the molecule is Cc1cc(C)c(C(=O)[C@H](C)Sc2nnc(-c3ccccc3C)n2C)cc1C. The number of hydrogen-bond donors (Lipinski definition) is 0. The molecule has 1 heterocycles. The van der Waals surface area contributed by atoms with Crippen LogP contribution in [-0.4, -0.2) is 25.8 Å². The second-order valence-corrected chi connectivity index (χ2v) is 8.36. The van der Waals surface area contributed by atoms with Crippen LogP contribution in [0.5, 0.6) is 0 Å². The maximum absolute atomic E-state index is 13.0. The number of hydrogen-bond acceptors (Lipinski definition) is 4. The standard InChI is InChI=1S/C22H25N3OS/c1-13-9-7-8-10-18(13)21-23-24-22(25(21)6)27-17(5)20(26)19-12-15(3)14(2)11-16(19)4/h7-12,17H,1-6H3/t17-/m0/s1. The van der Waals surface area contributed by atoms with Gasteiger partial charge in [-0.15, -0.1) is 10.2 Å². The molecule has 0 bridgehead atoms. The molecular weight excluding hydrogens is 354 g/mol. The normalized spacial score (nSPS) is 12.2. The Hall–Kier alpha value is -2.40. The molecule has 0 amide bonds. The van der Waals surface area contributed by atoms with Crippen LogP contribution in [0.2, 0.25) is 0 Å². The highest BCUT2D eigenvalue weighted by atomic mass is 32.2. The second kappa shape index (κ2) is 7.69. The fraction of sp³-hybridized carbons (Fsp3) is 0.318. The number of Topliss-reactive ketones (excluding diaryl/α,β-unsaturated/α-hetero) is 1. The quantitative estimate of drug-likeness (QED) is 0.458. The summed E-state index contributed by atoms with van der Waals surface area (Å²) in [4.78, 5) is 13.0. The minimum atomic E-state index is -0.238. The summed E-state index contributed by atoms with van der Waals surface area (Å²) in [6.07, 6.45) is 0. The third-order valence-corrected chi connectivity index (χ3v) is 6.11. The van der Waals surface area contributed by atoms with E-state index in [9.17, 15) is 4.79 Å². The van der Waals surface area contributed by atoms with Crippen LogP contribution < -0.4 is 0 Å². The Kier molecular flexibility index (Phi) is 5.51. The molecule has 0 saturated carbocycles. The van der Waals surface area contributed by atoms with E-state index in [1.54, 1.807) is 0 Å². The van der Waals surface area contributed by atoms with E-state index in [0.717, 1.165) is 38.8 Å². The van der Waals surface area contributed by atoms with Crippen molar-refractivity contribution in [3.8, 4) is 11.4 Å². The van der Waals surface area contributed by atoms with Gasteiger partial charge in [0, 0.05) is 18.2 Å². The molecule has 0 N–H and O–H groups in total. The molecule has 1 atom stereocenters. The Morgan fingerprint density at radius 3 is 2.33 bits per heavy atom. The lowest BCUT2D eigenvalue weighted by molar-refractivity contribution is 0.0993. The first-order valence-electron chi connectivity index (χ1n) is 9.03. The van der Waals surface area contributed by atoms with E-state index in [4.69, 9.17) is 0 Å². The summed E-state index contributed by atoms with van der Waals surface area (Å²) < 4.78 is 1.96. The summed E-state index contributed by atoms with van der Waals surface area (Å²) in [5, 5.41) is 9.19. The number of nitrogens with zero attached hydrogens (tertiary/aromatic N) is 3. The minimum Gasteiger partial charge on any atom is -0.305 e. The minimum absolute atomic E-state index is 0.126. The lowest BCUT2D eigenvalue weighted by Crippen LogP contribution is -2.16. The summed E-state index contributed by atoms with van der Waals surface area (Å²) >= 11 is 1.45. The number of carbonyl (C=O) groups excluding carboxylic acids is 1. The molecule has 140 valence electrons. The highest BCUT2D eigenvalue weighted by Crippen LogP contribution is 2.29. The van der Waals surface area contributed by atoms with Gasteiger partial charge in [-0.1, -0.05) is 42.1 Å². The summed E-state index contributed by atoms with van der Waals surface area (Å²) in [7, 11) is 1.95. The van der Waals surface area contributed by atoms with E-state index in [-0.39, 0.29) is 11.0 Å². The third kappa shape index (κ3) is 3.83. The maximum Gasteiger partial charge on any atom is 0.191 e. The Morgan fingerprint density at radius 2 is 1.63 bits per heavy atom. The number of aryl methyl sites for hydroxylation is 4. The maximum atomic E-state index is 13.0. The van der Waals surface area contributed by atoms with Gasteiger partial charge in [-0.05, 0) is 62.9 Å². The fourth-order valence-electron chi connectivity index (χ4n) is 3.13. The fourth-order valence-corrected chi connectivity index (χ4v) is 4.02. The molecule has 0 unspecified atom stereocenters. The average Bonchev–Trinajstić information content (AvgIpc) is 2.98. The summed E-state index contributed by atoms with van der Waals surface area (Å²) in [5.41, 5.74) is 6.37. The van der Waals surface area contributed by atoms with Gasteiger partial charge in [0.2, 0.25) is 0 Å². The second-order valence-electron chi connectivity index (χ2n) is 7.06. The van der Waals surface area contributed by atoms with Crippen molar-refractivity contribution in [1.82, 2.24) is 14.8 Å². The van der Waals surface area contributed by atoms with Crippen LogP contribution in [0, 0.1) is 27.7 Å². The molecule has 0 fully saturated rings. The largest absolute Gasteiger partial charge is 0.305 e. The molecule has 0 aliphatic carbocycles. The summed E-state index contributed by atoms with van der Waals surface area (Å²) in [6.45, 7) is 10.1. The van der Waals surface area contributed by atoms with Crippen LogP contribution in [0.4, 0.5) is 0 Å². The average molecular weight is 380 g/mol. The van der Waals surface area contributed by atoms with Gasteiger partial charge in [0.05, 0.1) is 5.25 Å². The van der Waals surface area contributed by atoms with Gasteiger partial charge in [0.15, 0.2) is 16.8 Å². The van der Waals surface area contributed by atoms with Crippen molar-refractivity contribution >= 4 is 17.5 Å². The first-order chi connectivity index (χ1) is 12.8. The first kappa shape index (κ1) is 19.4. The Labute approximate surface area is 165 Å². The molecule has 0 aliphatic heterocycles. The van der Waals surface area contributed by atoms with Gasteiger partial charge in [-0.3, -0.25) is 4.79 Å². The summed E-state index contributed by atoms with van der Waals surface area (Å²) in [5.74, 6) is 0.943. The van der Waals surface area contributed by atoms with Gasteiger partial charge in [0.1, 0.15) is 0 Å². The van der Waals surface area contributed by atoms with Crippen molar-refractivity contribution in [2.24, 2.45) is 7.05 Å². The van der Waals surface area contributed by atoms with Crippen LogP contribution in [0.25, 0.3) is 11.4 Å². The lowest BCUT2D eigenvalue weighted by Gasteiger charge is -2.14. The van der Waals surface area contributed by atoms with E-state index in [1.807, 2.05) is 56.7 Å². The van der Waals surface area contributed by atoms with Gasteiger partial charge < -0.3 is 4.57 Å². The zero-order chi connectivity index (χ0) is 19.7. The number of carbonyl (C=O) groups is 1. The molecule has 0 saturated heterocycles. The van der Waals surface area contributed by atoms with E-state index >= 15 is 0 Å². The Bertz CT molecular complexity index is 1010. The number of ketones is 1. The molecular formula is C22H25N3OS. The number of benzene rings is 2. The van der Waals surface area contributed by atoms with Crippen molar-refractivity contribution in [2.45, 2.75) is 45.0 Å². The molecule has 1 aromatic heterocycles. The molecule has 5 heteroatoms. The van der Waals surface area contributed by atoms with Crippen molar-refractivity contribution in [1.29, 1.82) is 0 Å². The monoisotopic (exact) mass is 379 g/mol. The first-order valence-corrected chi connectivity index (χ1v) is 9.91. The van der Waals surface area contributed by atoms with Crippen LogP contribution in [0.15, 0.2) is 41.6 Å².